The fraction of sp³-hybridized carbons (Fsp3) is 0.800. The SMILES string of the molecule is CC(C)N(CCOCCO)Cc1nnsc1N. The molecule has 0 atom stereocenters. The summed E-state index contributed by atoms with van der Waals surface area (Å²) in [5, 5.41) is 13.3. The maximum absolute atomic E-state index is 8.61. The number of hydrogen-bond donors (Lipinski definition) is 2. The highest BCUT2D eigenvalue weighted by atomic mass is 32.1. The number of aliphatic hydroxyl groups excluding tert-OH is 1. The van der Waals surface area contributed by atoms with Crippen LogP contribution in [0.2, 0.25) is 0 Å². The minimum atomic E-state index is 0.0602. The summed E-state index contributed by atoms with van der Waals surface area (Å²) in [4.78, 5) is 2.21. The summed E-state index contributed by atoms with van der Waals surface area (Å²) >= 11 is 1.22. The highest BCUT2D eigenvalue weighted by molar-refractivity contribution is 7.09. The van der Waals surface area contributed by atoms with Crippen molar-refractivity contribution >= 4 is 16.5 Å². The molecular formula is C10H20N4O2S. The van der Waals surface area contributed by atoms with Crippen LogP contribution in [0.1, 0.15) is 19.5 Å². The van der Waals surface area contributed by atoms with Crippen LogP contribution < -0.4 is 5.73 Å². The van der Waals surface area contributed by atoms with E-state index in [1.165, 1.54) is 11.5 Å². The molecule has 17 heavy (non-hydrogen) atoms. The second-order valence-corrected chi connectivity index (χ2v) is 4.77. The fourth-order valence-corrected chi connectivity index (χ4v) is 1.82. The Morgan fingerprint density at radius 2 is 2.24 bits per heavy atom. The van der Waals surface area contributed by atoms with Crippen LogP contribution in [0.3, 0.4) is 0 Å². The fourth-order valence-electron chi connectivity index (χ4n) is 1.39. The van der Waals surface area contributed by atoms with Crippen LogP contribution in [0, 0.1) is 0 Å². The van der Waals surface area contributed by atoms with Gasteiger partial charge in [0.05, 0.1) is 19.8 Å². The summed E-state index contributed by atoms with van der Waals surface area (Å²) in [6, 6.07) is 0.383. The maximum Gasteiger partial charge on any atom is 0.132 e. The number of anilines is 1. The van der Waals surface area contributed by atoms with Crippen molar-refractivity contribution in [2.24, 2.45) is 0 Å². The van der Waals surface area contributed by atoms with E-state index in [-0.39, 0.29) is 6.61 Å². The first-order valence-electron chi connectivity index (χ1n) is 5.64. The number of aliphatic hydroxyl groups is 1. The predicted octanol–water partition coefficient (Wildman–Crippen LogP) is 0.340. The van der Waals surface area contributed by atoms with Gasteiger partial charge in [-0.15, -0.1) is 5.10 Å². The monoisotopic (exact) mass is 260 g/mol. The van der Waals surface area contributed by atoms with Gasteiger partial charge in [0, 0.05) is 30.7 Å². The van der Waals surface area contributed by atoms with Crippen molar-refractivity contribution in [1.29, 1.82) is 0 Å². The Kier molecular flexibility index (Phi) is 6.35. The van der Waals surface area contributed by atoms with E-state index in [4.69, 9.17) is 15.6 Å². The Hall–Kier alpha value is -0.760. The number of rotatable bonds is 8. The number of aromatic nitrogens is 2. The van der Waals surface area contributed by atoms with E-state index in [1.807, 2.05) is 0 Å². The molecule has 0 saturated carbocycles. The van der Waals surface area contributed by atoms with Crippen LogP contribution >= 0.6 is 11.5 Å². The standard InChI is InChI=1S/C10H20N4O2S/c1-8(2)14(3-5-16-6-4-15)7-9-10(11)17-13-12-9/h8,15H,3-7,11H2,1-2H3. The molecule has 0 aromatic carbocycles. The Balaban J connectivity index is 2.41. The van der Waals surface area contributed by atoms with E-state index in [2.05, 4.69) is 28.3 Å². The van der Waals surface area contributed by atoms with Crippen LogP contribution in [-0.4, -0.2) is 52.0 Å². The van der Waals surface area contributed by atoms with Crippen LogP contribution in [0.25, 0.3) is 0 Å². The van der Waals surface area contributed by atoms with Crippen molar-refractivity contribution in [3.05, 3.63) is 5.69 Å². The lowest BCUT2D eigenvalue weighted by molar-refractivity contribution is 0.0644. The summed E-state index contributed by atoms with van der Waals surface area (Å²) < 4.78 is 9.08. The van der Waals surface area contributed by atoms with E-state index in [0.29, 0.717) is 30.8 Å². The molecule has 0 bridgehead atoms. The van der Waals surface area contributed by atoms with Crippen LogP contribution in [0.5, 0.6) is 0 Å². The number of hydrogen-bond acceptors (Lipinski definition) is 7. The average molecular weight is 260 g/mol. The number of ether oxygens (including phenoxy) is 1. The van der Waals surface area contributed by atoms with Gasteiger partial charge in [-0.2, -0.15) is 0 Å². The Labute approximate surface area is 106 Å². The van der Waals surface area contributed by atoms with Crippen LogP contribution in [-0.2, 0) is 11.3 Å². The molecule has 0 aliphatic heterocycles. The molecule has 0 saturated heterocycles. The van der Waals surface area contributed by atoms with Crippen molar-refractivity contribution in [2.45, 2.75) is 26.4 Å². The molecule has 0 radical (unpaired) electrons. The molecular weight excluding hydrogens is 240 g/mol. The summed E-state index contributed by atoms with van der Waals surface area (Å²) in [5.41, 5.74) is 6.59. The van der Waals surface area contributed by atoms with E-state index >= 15 is 0 Å². The first kappa shape index (κ1) is 14.3. The van der Waals surface area contributed by atoms with Gasteiger partial charge in [-0.25, -0.2) is 0 Å². The Bertz CT molecular complexity index is 319. The van der Waals surface area contributed by atoms with Crippen LogP contribution in [0.4, 0.5) is 5.00 Å². The number of nitrogens with two attached hydrogens (primary N) is 1. The first-order chi connectivity index (χ1) is 8.15. The van der Waals surface area contributed by atoms with Gasteiger partial charge < -0.3 is 15.6 Å². The van der Waals surface area contributed by atoms with E-state index in [0.717, 1.165) is 12.2 Å². The summed E-state index contributed by atoms with van der Waals surface area (Å²) in [6.45, 7) is 6.73. The first-order valence-corrected chi connectivity index (χ1v) is 6.41. The zero-order valence-corrected chi connectivity index (χ0v) is 11.1. The molecule has 1 aromatic rings. The lowest BCUT2D eigenvalue weighted by Gasteiger charge is -2.25. The largest absolute Gasteiger partial charge is 0.394 e. The van der Waals surface area contributed by atoms with Gasteiger partial charge >= 0.3 is 0 Å². The van der Waals surface area contributed by atoms with Crippen molar-refractivity contribution in [3.63, 3.8) is 0 Å². The normalized spacial score (nSPS) is 11.6. The smallest absolute Gasteiger partial charge is 0.132 e. The molecule has 3 N–H and O–H groups in total. The Morgan fingerprint density at radius 1 is 1.47 bits per heavy atom. The molecule has 0 aliphatic rings. The molecule has 0 amide bonds. The van der Waals surface area contributed by atoms with Crippen molar-refractivity contribution in [3.8, 4) is 0 Å². The minimum absolute atomic E-state index is 0.0602. The van der Waals surface area contributed by atoms with Gasteiger partial charge in [-0.05, 0) is 13.8 Å². The quantitative estimate of drug-likeness (QED) is 0.656. The highest BCUT2D eigenvalue weighted by Gasteiger charge is 2.14. The molecule has 1 heterocycles. The zero-order chi connectivity index (χ0) is 12.7. The van der Waals surface area contributed by atoms with E-state index in [1.54, 1.807) is 0 Å². The van der Waals surface area contributed by atoms with Gasteiger partial charge in [0.2, 0.25) is 0 Å². The van der Waals surface area contributed by atoms with Crippen molar-refractivity contribution in [2.75, 3.05) is 32.1 Å². The zero-order valence-electron chi connectivity index (χ0n) is 10.3. The molecule has 0 spiro atoms. The predicted molar refractivity (Wildman–Crippen MR) is 67.8 cm³/mol. The van der Waals surface area contributed by atoms with Crippen LogP contribution in [0.15, 0.2) is 0 Å². The third-order valence-corrected chi connectivity index (χ3v) is 3.02. The lowest BCUT2D eigenvalue weighted by Crippen LogP contribution is -2.34. The van der Waals surface area contributed by atoms with Gasteiger partial charge in [0.1, 0.15) is 10.7 Å². The molecule has 0 aliphatic carbocycles. The summed E-state index contributed by atoms with van der Waals surface area (Å²) in [6.07, 6.45) is 0. The van der Waals surface area contributed by atoms with Gasteiger partial charge in [0.25, 0.3) is 0 Å². The average Bonchev–Trinajstić information content (AvgIpc) is 2.68. The molecule has 0 fully saturated rings. The molecule has 1 rings (SSSR count). The van der Waals surface area contributed by atoms with Gasteiger partial charge in [-0.3, -0.25) is 4.90 Å². The topological polar surface area (TPSA) is 84.5 Å². The van der Waals surface area contributed by atoms with Crippen molar-refractivity contribution < 1.29 is 9.84 Å². The Morgan fingerprint density at radius 3 is 2.76 bits per heavy atom. The van der Waals surface area contributed by atoms with Crippen molar-refractivity contribution in [1.82, 2.24) is 14.5 Å². The minimum Gasteiger partial charge on any atom is -0.394 e. The maximum atomic E-state index is 8.61. The molecule has 1 aromatic heterocycles. The van der Waals surface area contributed by atoms with E-state index < -0.39 is 0 Å². The molecule has 0 unspecified atom stereocenters. The molecule has 6 nitrogen and oxygen atoms in total. The molecule has 98 valence electrons. The number of nitrogen functional groups attached to an aromatic ring is 1. The van der Waals surface area contributed by atoms with Gasteiger partial charge in [0.15, 0.2) is 0 Å². The second kappa shape index (κ2) is 7.54. The molecule has 7 heteroatoms. The third kappa shape index (κ3) is 4.95. The number of nitrogens with zero attached hydrogens (tertiary/aromatic N) is 3. The summed E-state index contributed by atoms with van der Waals surface area (Å²) in [5.74, 6) is 0. The van der Waals surface area contributed by atoms with Gasteiger partial charge in [-0.1, -0.05) is 4.49 Å². The second-order valence-electron chi connectivity index (χ2n) is 3.98. The summed E-state index contributed by atoms with van der Waals surface area (Å²) in [7, 11) is 0. The third-order valence-electron chi connectivity index (χ3n) is 2.43. The lowest BCUT2D eigenvalue weighted by atomic mass is 10.3. The highest BCUT2D eigenvalue weighted by Crippen LogP contribution is 2.15. The van der Waals surface area contributed by atoms with E-state index in [9.17, 15) is 0 Å².